The van der Waals surface area contributed by atoms with Gasteiger partial charge in [0.2, 0.25) is 0 Å². The van der Waals surface area contributed by atoms with Gasteiger partial charge in [-0.25, -0.2) is 0 Å². The standard InChI is InChI=1S/C10H11Cl2NS/c11-7-3-8(12)5-10(4-7)14-9-1-2-13-6-9/h3-5,9,13H,1-2,6H2. The van der Waals surface area contributed by atoms with E-state index in [1.165, 1.54) is 6.42 Å². The van der Waals surface area contributed by atoms with Crippen LogP contribution in [-0.4, -0.2) is 18.3 Å². The first-order valence-corrected chi connectivity index (χ1v) is 6.21. The van der Waals surface area contributed by atoms with Crippen LogP contribution in [0.5, 0.6) is 0 Å². The van der Waals surface area contributed by atoms with Crippen molar-refractivity contribution in [1.29, 1.82) is 0 Å². The van der Waals surface area contributed by atoms with E-state index in [-0.39, 0.29) is 0 Å². The van der Waals surface area contributed by atoms with Gasteiger partial charge in [-0.1, -0.05) is 23.2 Å². The molecule has 1 fully saturated rings. The third kappa shape index (κ3) is 2.80. The van der Waals surface area contributed by atoms with Gasteiger partial charge in [-0.2, -0.15) is 0 Å². The van der Waals surface area contributed by atoms with Crippen molar-refractivity contribution in [2.45, 2.75) is 16.6 Å². The molecule has 0 bridgehead atoms. The third-order valence-electron chi connectivity index (χ3n) is 2.15. The zero-order valence-corrected chi connectivity index (χ0v) is 9.92. The molecule has 1 aromatic carbocycles. The Bertz CT molecular complexity index is 304. The molecule has 0 radical (unpaired) electrons. The summed E-state index contributed by atoms with van der Waals surface area (Å²) in [6.07, 6.45) is 1.22. The van der Waals surface area contributed by atoms with Crippen LogP contribution in [0, 0.1) is 0 Å². The lowest BCUT2D eigenvalue weighted by Crippen LogP contribution is -2.09. The highest BCUT2D eigenvalue weighted by Gasteiger charge is 2.15. The van der Waals surface area contributed by atoms with Crippen LogP contribution in [0.1, 0.15) is 6.42 Å². The predicted molar refractivity (Wildman–Crippen MR) is 63.6 cm³/mol. The van der Waals surface area contributed by atoms with Gasteiger partial charge in [-0.05, 0) is 31.2 Å². The Kier molecular flexibility index (Phi) is 3.61. The van der Waals surface area contributed by atoms with Gasteiger partial charge >= 0.3 is 0 Å². The minimum absolute atomic E-state index is 0.657. The van der Waals surface area contributed by atoms with Gasteiger partial charge in [-0.15, -0.1) is 11.8 Å². The summed E-state index contributed by atoms with van der Waals surface area (Å²) in [5, 5.41) is 5.42. The van der Waals surface area contributed by atoms with E-state index in [9.17, 15) is 0 Å². The first kappa shape index (κ1) is 10.6. The van der Waals surface area contributed by atoms with E-state index >= 15 is 0 Å². The normalized spacial score (nSPS) is 21.4. The van der Waals surface area contributed by atoms with E-state index in [1.54, 1.807) is 6.07 Å². The van der Waals surface area contributed by atoms with E-state index in [0.717, 1.165) is 18.0 Å². The Balaban J connectivity index is 2.07. The molecule has 0 saturated carbocycles. The first-order chi connectivity index (χ1) is 6.74. The first-order valence-electron chi connectivity index (χ1n) is 4.57. The van der Waals surface area contributed by atoms with Crippen LogP contribution < -0.4 is 5.32 Å². The molecule has 0 aromatic heterocycles. The van der Waals surface area contributed by atoms with Crippen molar-refractivity contribution >= 4 is 35.0 Å². The molecule has 1 N–H and O–H groups in total. The number of hydrogen-bond donors (Lipinski definition) is 1. The SMILES string of the molecule is Clc1cc(Cl)cc(SC2CCNC2)c1. The number of halogens is 2. The minimum atomic E-state index is 0.657. The molecule has 1 aromatic rings. The molecule has 1 aliphatic heterocycles. The molecule has 1 saturated heterocycles. The van der Waals surface area contributed by atoms with Crippen molar-refractivity contribution in [2.75, 3.05) is 13.1 Å². The van der Waals surface area contributed by atoms with Crippen molar-refractivity contribution in [3.8, 4) is 0 Å². The molecule has 14 heavy (non-hydrogen) atoms. The van der Waals surface area contributed by atoms with Crippen LogP contribution in [0.25, 0.3) is 0 Å². The van der Waals surface area contributed by atoms with Crippen LogP contribution in [0.2, 0.25) is 10.0 Å². The maximum Gasteiger partial charge on any atom is 0.0431 e. The largest absolute Gasteiger partial charge is 0.316 e. The fraction of sp³-hybridized carbons (Fsp3) is 0.400. The molecule has 76 valence electrons. The van der Waals surface area contributed by atoms with Gasteiger partial charge in [-0.3, -0.25) is 0 Å². The van der Waals surface area contributed by atoms with Crippen LogP contribution in [-0.2, 0) is 0 Å². The van der Waals surface area contributed by atoms with Crippen molar-refractivity contribution in [3.63, 3.8) is 0 Å². The van der Waals surface area contributed by atoms with E-state index in [4.69, 9.17) is 23.2 Å². The van der Waals surface area contributed by atoms with E-state index < -0.39 is 0 Å². The third-order valence-corrected chi connectivity index (χ3v) is 3.83. The summed E-state index contributed by atoms with van der Waals surface area (Å²) in [6, 6.07) is 5.70. The Labute approximate surface area is 98.2 Å². The number of benzene rings is 1. The highest BCUT2D eigenvalue weighted by atomic mass is 35.5. The summed E-state index contributed by atoms with van der Waals surface area (Å²) >= 11 is 13.7. The molecule has 1 heterocycles. The highest BCUT2D eigenvalue weighted by Crippen LogP contribution is 2.31. The predicted octanol–water partition coefficient (Wildman–Crippen LogP) is 3.45. The second-order valence-corrected chi connectivity index (χ2v) is 5.58. The number of nitrogens with one attached hydrogen (secondary N) is 1. The zero-order valence-electron chi connectivity index (χ0n) is 7.59. The molecule has 1 nitrogen and oxygen atoms in total. The molecule has 0 spiro atoms. The van der Waals surface area contributed by atoms with E-state index in [2.05, 4.69) is 5.32 Å². The molecule has 0 amide bonds. The van der Waals surface area contributed by atoms with Crippen LogP contribution in [0.15, 0.2) is 23.1 Å². The minimum Gasteiger partial charge on any atom is -0.316 e. The Hall–Kier alpha value is 0.110. The second-order valence-electron chi connectivity index (χ2n) is 3.34. The van der Waals surface area contributed by atoms with E-state index in [0.29, 0.717) is 15.3 Å². The molecule has 1 unspecified atom stereocenters. The zero-order chi connectivity index (χ0) is 9.97. The quantitative estimate of drug-likeness (QED) is 0.860. The van der Waals surface area contributed by atoms with Gasteiger partial charge in [0.15, 0.2) is 0 Å². The molecule has 0 aliphatic carbocycles. The Morgan fingerprint density at radius 1 is 1.21 bits per heavy atom. The van der Waals surface area contributed by atoms with Gasteiger partial charge in [0, 0.05) is 26.7 Å². The monoisotopic (exact) mass is 247 g/mol. The van der Waals surface area contributed by atoms with Crippen LogP contribution in [0.3, 0.4) is 0 Å². The van der Waals surface area contributed by atoms with Gasteiger partial charge in [0.25, 0.3) is 0 Å². The van der Waals surface area contributed by atoms with Gasteiger partial charge in [0.1, 0.15) is 0 Å². The number of hydrogen-bond acceptors (Lipinski definition) is 2. The summed E-state index contributed by atoms with van der Waals surface area (Å²) in [4.78, 5) is 1.16. The second kappa shape index (κ2) is 4.75. The van der Waals surface area contributed by atoms with Crippen LogP contribution in [0.4, 0.5) is 0 Å². The molecule has 4 heteroatoms. The van der Waals surface area contributed by atoms with Crippen LogP contribution >= 0.6 is 35.0 Å². The average Bonchev–Trinajstić information content (AvgIpc) is 2.54. The lowest BCUT2D eigenvalue weighted by molar-refractivity contribution is 0.858. The van der Waals surface area contributed by atoms with Crippen molar-refractivity contribution in [1.82, 2.24) is 5.32 Å². The topological polar surface area (TPSA) is 12.0 Å². The summed E-state index contributed by atoms with van der Waals surface area (Å²) < 4.78 is 0. The summed E-state index contributed by atoms with van der Waals surface area (Å²) in [5.41, 5.74) is 0. The lowest BCUT2D eigenvalue weighted by atomic mass is 10.4. The molecule has 1 aliphatic rings. The molecular formula is C10H11Cl2NS. The summed E-state index contributed by atoms with van der Waals surface area (Å²) in [6.45, 7) is 2.20. The van der Waals surface area contributed by atoms with Gasteiger partial charge < -0.3 is 5.32 Å². The Morgan fingerprint density at radius 2 is 1.93 bits per heavy atom. The smallest absolute Gasteiger partial charge is 0.0431 e. The molecule has 1 atom stereocenters. The Morgan fingerprint density at radius 3 is 2.50 bits per heavy atom. The number of rotatable bonds is 2. The fourth-order valence-corrected chi connectivity index (χ4v) is 3.39. The fourth-order valence-electron chi connectivity index (χ4n) is 1.52. The maximum absolute atomic E-state index is 5.92. The summed E-state index contributed by atoms with van der Waals surface area (Å²) in [7, 11) is 0. The van der Waals surface area contributed by atoms with Crippen molar-refractivity contribution in [3.05, 3.63) is 28.2 Å². The maximum atomic E-state index is 5.92. The highest BCUT2D eigenvalue weighted by molar-refractivity contribution is 8.00. The number of thioether (sulfide) groups is 1. The average molecular weight is 248 g/mol. The van der Waals surface area contributed by atoms with E-state index in [1.807, 2.05) is 23.9 Å². The van der Waals surface area contributed by atoms with Crippen molar-refractivity contribution < 1.29 is 0 Å². The molecular weight excluding hydrogens is 237 g/mol. The summed E-state index contributed by atoms with van der Waals surface area (Å²) in [5.74, 6) is 0. The lowest BCUT2D eigenvalue weighted by Gasteiger charge is -2.08. The van der Waals surface area contributed by atoms with Crippen molar-refractivity contribution in [2.24, 2.45) is 0 Å². The molecule has 2 rings (SSSR count). The van der Waals surface area contributed by atoms with Gasteiger partial charge in [0.05, 0.1) is 0 Å².